The normalized spacial score (nSPS) is 10.4. The molecule has 0 saturated heterocycles. The van der Waals surface area contributed by atoms with E-state index in [0.717, 1.165) is 0 Å². The fourth-order valence-corrected chi connectivity index (χ4v) is 1.97. The van der Waals surface area contributed by atoms with Crippen LogP contribution in [-0.4, -0.2) is 37.9 Å². The van der Waals surface area contributed by atoms with E-state index in [0.29, 0.717) is 0 Å². The van der Waals surface area contributed by atoms with Crippen LogP contribution in [0.15, 0.2) is 24.3 Å². The Labute approximate surface area is 125 Å². The zero-order valence-electron chi connectivity index (χ0n) is 11.6. The van der Waals surface area contributed by atoms with Crippen molar-refractivity contribution < 1.29 is 35.1 Å². The fourth-order valence-electron chi connectivity index (χ4n) is 1.97. The van der Waals surface area contributed by atoms with Gasteiger partial charge < -0.3 is 30.3 Å². The third-order valence-corrected chi connectivity index (χ3v) is 3.02. The first-order valence-corrected chi connectivity index (χ1v) is 6.35. The number of phenols is 5. The molecule has 0 saturated carbocycles. The number of carbonyl (C=O) groups is 1. The van der Waals surface area contributed by atoms with Crippen molar-refractivity contribution in [1.29, 1.82) is 0 Å². The lowest BCUT2D eigenvalue weighted by atomic mass is 9.99. The van der Waals surface area contributed by atoms with Gasteiger partial charge in [0.15, 0.2) is 11.5 Å². The van der Waals surface area contributed by atoms with Gasteiger partial charge in [-0.3, -0.25) is 4.79 Å². The Hall–Kier alpha value is -3.09. The number of phenolic OH excluding ortho intramolecular Hbond substituents is 5. The standard InChI is InChI=1S/C15H14O7/c1-2-22-15-13(20)11(18)9(12(19)14(15)21)10(17)7-5-3-4-6-8(7)16/h3-6,16,18-21H,2H2,1H3. The lowest BCUT2D eigenvalue weighted by Crippen LogP contribution is -2.04. The zero-order chi connectivity index (χ0) is 16.4. The van der Waals surface area contributed by atoms with Gasteiger partial charge in [0.1, 0.15) is 11.3 Å². The highest BCUT2D eigenvalue weighted by Gasteiger charge is 2.30. The Bertz CT molecular complexity index is 708. The second-order valence-electron chi connectivity index (χ2n) is 4.38. The van der Waals surface area contributed by atoms with E-state index in [-0.39, 0.29) is 17.9 Å². The van der Waals surface area contributed by atoms with Gasteiger partial charge in [-0.25, -0.2) is 0 Å². The summed E-state index contributed by atoms with van der Waals surface area (Å²) < 4.78 is 4.91. The highest BCUT2D eigenvalue weighted by molar-refractivity contribution is 6.15. The van der Waals surface area contributed by atoms with Crippen LogP contribution in [0.2, 0.25) is 0 Å². The number of para-hydroxylation sites is 1. The van der Waals surface area contributed by atoms with Gasteiger partial charge in [-0.1, -0.05) is 12.1 Å². The van der Waals surface area contributed by atoms with Crippen molar-refractivity contribution >= 4 is 5.78 Å². The van der Waals surface area contributed by atoms with Gasteiger partial charge in [-0.15, -0.1) is 0 Å². The van der Waals surface area contributed by atoms with Crippen molar-refractivity contribution in [2.45, 2.75) is 6.92 Å². The van der Waals surface area contributed by atoms with E-state index >= 15 is 0 Å². The minimum atomic E-state index is -0.971. The molecule has 2 aromatic rings. The Morgan fingerprint density at radius 3 is 2.00 bits per heavy atom. The van der Waals surface area contributed by atoms with E-state index in [2.05, 4.69) is 0 Å². The molecule has 22 heavy (non-hydrogen) atoms. The molecule has 0 aliphatic rings. The minimum absolute atomic E-state index is 0.0484. The maximum absolute atomic E-state index is 12.3. The summed E-state index contributed by atoms with van der Waals surface area (Å²) in [5, 5.41) is 49.2. The first kappa shape index (κ1) is 15.3. The molecule has 0 spiro atoms. The van der Waals surface area contributed by atoms with Gasteiger partial charge >= 0.3 is 0 Å². The summed E-state index contributed by atoms with van der Waals surface area (Å²) in [7, 11) is 0. The van der Waals surface area contributed by atoms with Gasteiger partial charge in [0, 0.05) is 0 Å². The number of carbonyl (C=O) groups excluding carboxylic acids is 1. The SMILES string of the molecule is CCOc1c(O)c(O)c(C(=O)c2ccccc2O)c(O)c1O. The highest BCUT2D eigenvalue weighted by Crippen LogP contribution is 2.52. The van der Waals surface area contributed by atoms with E-state index < -0.39 is 40.1 Å². The molecule has 116 valence electrons. The van der Waals surface area contributed by atoms with Crippen molar-refractivity contribution in [3.63, 3.8) is 0 Å². The third-order valence-electron chi connectivity index (χ3n) is 3.02. The summed E-state index contributed by atoms with van der Waals surface area (Å²) in [6, 6.07) is 5.46. The van der Waals surface area contributed by atoms with Gasteiger partial charge in [0.25, 0.3) is 0 Å². The Balaban J connectivity index is 2.67. The van der Waals surface area contributed by atoms with Crippen LogP contribution in [0.25, 0.3) is 0 Å². The van der Waals surface area contributed by atoms with Crippen LogP contribution in [0.4, 0.5) is 0 Å². The van der Waals surface area contributed by atoms with Crippen LogP contribution in [0.3, 0.4) is 0 Å². The molecule has 7 nitrogen and oxygen atoms in total. The number of ether oxygens (including phenoxy) is 1. The molecule has 5 N–H and O–H groups in total. The highest BCUT2D eigenvalue weighted by atomic mass is 16.5. The molecule has 0 radical (unpaired) electrons. The van der Waals surface area contributed by atoms with Crippen LogP contribution in [0.1, 0.15) is 22.8 Å². The average Bonchev–Trinajstić information content (AvgIpc) is 2.50. The molecule has 0 aliphatic heterocycles. The molecule has 0 unspecified atom stereocenters. The minimum Gasteiger partial charge on any atom is -0.507 e. The number of ketones is 1. The summed E-state index contributed by atoms with van der Waals surface area (Å²) in [6.07, 6.45) is 0. The largest absolute Gasteiger partial charge is 0.507 e. The van der Waals surface area contributed by atoms with Crippen molar-refractivity contribution in [2.24, 2.45) is 0 Å². The average molecular weight is 306 g/mol. The second kappa shape index (κ2) is 5.72. The smallest absolute Gasteiger partial charge is 0.211 e. The fraction of sp³-hybridized carbons (Fsp3) is 0.133. The van der Waals surface area contributed by atoms with Crippen molar-refractivity contribution in [3.8, 4) is 34.5 Å². The molecule has 0 amide bonds. The van der Waals surface area contributed by atoms with E-state index in [1.807, 2.05) is 0 Å². The maximum Gasteiger partial charge on any atom is 0.211 e. The predicted molar refractivity (Wildman–Crippen MR) is 75.8 cm³/mol. The predicted octanol–water partition coefficient (Wildman–Crippen LogP) is 1.84. The van der Waals surface area contributed by atoms with Crippen LogP contribution in [0, 0.1) is 0 Å². The lowest BCUT2D eigenvalue weighted by Gasteiger charge is -2.14. The molecule has 0 aliphatic carbocycles. The molecule has 0 fully saturated rings. The number of aromatic hydroxyl groups is 5. The van der Waals surface area contributed by atoms with Crippen LogP contribution >= 0.6 is 0 Å². The van der Waals surface area contributed by atoms with Gasteiger partial charge in [0.05, 0.1) is 12.2 Å². The molecule has 0 atom stereocenters. The van der Waals surface area contributed by atoms with Gasteiger partial charge in [0.2, 0.25) is 23.0 Å². The van der Waals surface area contributed by atoms with E-state index in [4.69, 9.17) is 4.74 Å². The quantitative estimate of drug-likeness (QED) is 0.331. The van der Waals surface area contributed by atoms with Crippen LogP contribution in [-0.2, 0) is 0 Å². The molecular formula is C15H14O7. The number of hydrogen-bond acceptors (Lipinski definition) is 7. The molecule has 0 bridgehead atoms. The molecule has 2 rings (SSSR count). The van der Waals surface area contributed by atoms with Gasteiger partial charge in [-0.2, -0.15) is 0 Å². The topological polar surface area (TPSA) is 127 Å². The Morgan fingerprint density at radius 1 is 0.955 bits per heavy atom. The molecular weight excluding hydrogens is 292 g/mol. The van der Waals surface area contributed by atoms with Crippen LogP contribution < -0.4 is 4.74 Å². The first-order valence-electron chi connectivity index (χ1n) is 6.35. The van der Waals surface area contributed by atoms with E-state index in [9.17, 15) is 30.3 Å². The number of benzene rings is 2. The third kappa shape index (κ3) is 2.32. The Morgan fingerprint density at radius 2 is 1.50 bits per heavy atom. The van der Waals surface area contributed by atoms with E-state index in [1.165, 1.54) is 24.3 Å². The summed E-state index contributed by atoms with van der Waals surface area (Å²) in [5.41, 5.74) is -0.948. The van der Waals surface area contributed by atoms with Crippen LogP contribution in [0.5, 0.6) is 34.5 Å². The summed E-state index contributed by atoms with van der Waals surface area (Å²) >= 11 is 0. The second-order valence-corrected chi connectivity index (χ2v) is 4.38. The lowest BCUT2D eigenvalue weighted by molar-refractivity contribution is 0.102. The van der Waals surface area contributed by atoms with Crippen molar-refractivity contribution in [2.75, 3.05) is 6.61 Å². The van der Waals surface area contributed by atoms with Gasteiger partial charge in [-0.05, 0) is 19.1 Å². The Kier molecular flexibility index (Phi) is 3.98. The van der Waals surface area contributed by atoms with E-state index in [1.54, 1.807) is 6.92 Å². The first-order chi connectivity index (χ1) is 10.4. The summed E-state index contributed by atoms with van der Waals surface area (Å²) in [4.78, 5) is 12.3. The molecule has 2 aromatic carbocycles. The number of rotatable bonds is 4. The maximum atomic E-state index is 12.3. The zero-order valence-corrected chi connectivity index (χ0v) is 11.6. The van der Waals surface area contributed by atoms with Crippen molar-refractivity contribution in [1.82, 2.24) is 0 Å². The summed E-state index contributed by atoms with van der Waals surface area (Å²) in [6.45, 7) is 1.61. The number of hydrogen-bond donors (Lipinski definition) is 5. The van der Waals surface area contributed by atoms with Crippen molar-refractivity contribution in [3.05, 3.63) is 35.4 Å². The molecule has 0 heterocycles. The summed E-state index contributed by atoms with van der Waals surface area (Å²) in [5.74, 6) is -5.54. The monoisotopic (exact) mass is 306 g/mol. The molecule has 0 aromatic heterocycles. The molecule has 7 heteroatoms.